The summed E-state index contributed by atoms with van der Waals surface area (Å²) < 4.78 is 10.4. The second-order valence-corrected chi connectivity index (χ2v) is 3.99. The van der Waals surface area contributed by atoms with Crippen LogP contribution in [0.5, 0.6) is 0 Å². The molecule has 1 N–H and O–H groups in total. The number of rotatable bonds is 3. The predicted molar refractivity (Wildman–Crippen MR) is 56.0 cm³/mol. The van der Waals surface area contributed by atoms with Gasteiger partial charge in [0, 0.05) is 12.5 Å². The van der Waals surface area contributed by atoms with E-state index in [1.54, 1.807) is 6.26 Å². The second kappa shape index (κ2) is 4.09. The van der Waals surface area contributed by atoms with Crippen molar-refractivity contribution in [2.75, 3.05) is 13.1 Å². The SMILES string of the molecule is c1coc(Cc2nc(C3CCNC3)no2)c1. The van der Waals surface area contributed by atoms with Gasteiger partial charge in [-0.2, -0.15) is 4.98 Å². The molecule has 0 amide bonds. The van der Waals surface area contributed by atoms with Crippen molar-refractivity contribution in [2.45, 2.75) is 18.8 Å². The molecule has 16 heavy (non-hydrogen) atoms. The number of nitrogens with one attached hydrogen (secondary N) is 1. The normalized spacial score (nSPS) is 20.4. The molecule has 1 atom stereocenters. The zero-order valence-corrected chi connectivity index (χ0v) is 8.85. The summed E-state index contributed by atoms with van der Waals surface area (Å²) in [4.78, 5) is 4.39. The van der Waals surface area contributed by atoms with Crippen molar-refractivity contribution in [1.29, 1.82) is 0 Å². The zero-order chi connectivity index (χ0) is 10.8. The first-order chi connectivity index (χ1) is 7.92. The van der Waals surface area contributed by atoms with Crippen LogP contribution in [0.2, 0.25) is 0 Å². The molecule has 0 radical (unpaired) electrons. The number of nitrogens with zero attached hydrogens (tertiary/aromatic N) is 2. The molecule has 5 heteroatoms. The van der Waals surface area contributed by atoms with Gasteiger partial charge in [-0.1, -0.05) is 5.16 Å². The van der Waals surface area contributed by atoms with Crippen LogP contribution in [0.15, 0.2) is 27.3 Å². The third-order valence-corrected chi connectivity index (χ3v) is 2.81. The van der Waals surface area contributed by atoms with Crippen LogP contribution in [0.4, 0.5) is 0 Å². The summed E-state index contributed by atoms with van der Waals surface area (Å²) in [6.07, 6.45) is 3.30. The molecule has 5 nitrogen and oxygen atoms in total. The molecule has 0 aliphatic carbocycles. The molecule has 3 rings (SSSR count). The number of furan rings is 1. The van der Waals surface area contributed by atoms with E-state index in [0.29, 0.717) is 18.2 Å². The van der Waals surface area contributed by atoms with Crippen LogP contribution in [0, 0.1) is 0 Å². The average Bonchev–Trinajstić information content (AvgIpc) is 2.99. The Kier molecular flexibility index (Phi) is 2.46. The van der Waals surface area contributed by atoms with Gasteiger partial charge < -0.3 is 14.3 Å². The first-order valence-corrected chi connectivity index (χ1v) is 5.47. The van der Waals surface area contributed by atoms with Crippen molar-refractivity contribution < 1.29 is 8.94 Å². The first kappa shape index (κ1) is 9.59. The summed E-state index contributed by atoms with van der Waals surface area (Å²) in [6, 6.07) is 3.76. The summed E-state index contributed by atoms with van der Waals surface area (Å²) in [6.45, 7) is 1.98. The fourth-order valence-electron chi connectivity index (χ4n) is 1.94. The maximum Gasteiger partial charge on any atom is 0.234 e. The van der Waals surface area contributed by atoms with Gasteiger partial charge in [-0.25, -0.2) is 0 Å². The molecular weight excluding hydrogens is 206 g/mol. The lowest BCUT2D eigenvalue weighted by molar-refractivity contribution is 0.367. The van der Waals surface area contributed by atoms with E-state index in [2.05, 4.69) is 15.5 Å². The standard InChI is InChI=1S/C11H13N3O2/c1-2-9(15-5-1)6-10-13-11(14-16-10)8-3-4-12-7-8/h1-2,5,8,12H,3-4,6-7H2. The van der Waals surface area contributed by atoms with Crippen molar-refractivity contribution in [3.8, 4) is 0 Å². The van der Waals surface area contributed by atoms with Crippen LogP contribution >= 0.6 is 0 Å². The van der Waals surface area contributed by atoms with E-state index in [9.17, 15) is 0 Å². The third-order valence-electron chi connectivity index (χ3n) is 2.81. The highest BCUT2D eigenvalue weighted by molar-refractivity contribution is 5.06. The van der Waals surface area contributed by atoms with Gasteiger partial charge in [0.25, 0.3) is 0 Å². The Bertz CT molecular complexity index is 444. The largest absolute Gasteiger partial charge is 0.469 e. The van der Waals surface area contributed by atoms with E-state index in [0.717, 1.165) is 31.1 Å². The van der Waals surface area contributed by atoms with E-state index in [1.165, 1.54) is 0 Å². The molecule has 84 valence electrons. The molecule has 2 aromatic heterocycles. The molecule has 1 aliphatic rings. The maximum atomic E-state index is 5.23. The Morgan fingerprint density at radius 3 is 3.25 bits per heavy atom. The van der Waals surface area contributed by atoms with Crippen molar-refractivity contribution in [3.05, 3.63) is 35.9 Å². The first-order valence-electron chi connectivity index (χ1n) is 5.47. The molecule has 2 aromatic rings. The summed E-state index contributed by atoms with van der Waals surface area (Å²) in [5, 5.41) is 7.30. The summed E-state index contributed by atoms with van der Waals surface area (Å²) >= 11 is 0. The Labute approximate surface area is 92.8 Å². The number of aromatic nitrogens is 2. The second-order valence-electron chi connectivity index (χ2n) is 3.99. The molecular formula is C11H13N3O2. The summed E-state index contributed by atoms with van der Waals surface area (Å²) in [7, 11) is 0. The molecule has 1 fully saturated rings. The fraction of sp³-hybridized carbons (Fsp3) is 0.455. The van der Waals surface area contributed by atoms with E-state index in [-0.39, 0.29) is 0 Å². The molecule has 1 aliphatic heterocycles. The third kappa shape index (κ3) is 1.86. The highest BCUT2D eigenvalue weighted by atomic mass is 16.5. The molecule has 0 aromatic carbocycles. The molecule has 1 saturated heterocycles. The fourth-order valence-corrected chi connectivity index (χ4v) is 1.94. The lowest BCUT2D eigenvalue weighted by Crippen LogP contribution is -2.08. The minimum Gasteiger partial charge on any atom is -0.469 e. The van der Waals surface area contributed by atoms with Crippen molar-refractivity contribution in [3.63, 3.8) is 0 Å². The van der Waals surface area contributed by atoms with Gasteiger partial charge in [0.2, 0.25) is 5.89 Å². The smallest absolute Gasteiger partial charge is 0.234 e. The van der Waals surface area contributed by atoms with Gasteiger partial charge in [0.15, 0.2) is 5.82 Å². The van der Waals surface area contributed by atoms with E-state index in [4.69, 9.17) is 8.94 Å². The highest BCUT2D eigenvalue weighted by Crippen LogP contribution is 2.19. The van der Waals surface area contributed by atoms with Gasteiger partial charge in [-0.05, 0) is 25.1 Å². The van der Waals surface area contributed by atoms with Gasteiger partial charge in [-0.15, -0.1) is 0 Å². The topological polar surface area (TPSA) is 64.1 Å². The average molecular weight is 219 g/mol. The Hall–Kier alpha value is -1.62. The lowest BCUT2D eigenvalue weighted by atomic mass is 10.1. The highest BCUT2D eigenvalue weighted by Gasteiger charge is 2.22. The van der Waals surface area contributed by atoms with E-state index >= 15 is 0 Å². The number of hydrogen-bond donors (Lipinski definition) is 1. The van der Waals surface area contributed by atoms with Gasteiger partial charge in [-0.3, -0.25) is 0 Å². The maximum absolute atomic E-state index is 5.23. The molecule has 0 saturated carbocycles. The number of hydrogen-bond acceptors (Lipinski definition) is 5. The van der Waals surface area contributed by atoms with Crippen LogP contribution in [0.25, 0.3) is 0 Å². The van der Waals surface area contributed by atoms with Gasteiger partial charge in [0.1, 0.15) is 5.76 Å². The predicted octanol–water partition coefficient (Wildman–Crippen LogP) is 1.33. The van der Waals surface area contributed by atoms with E-state index in [1.807, 2.05) is 12.1 Å². The minimum absolute atomic E-state index is 0.397. The lowest BCUT2D eigenvalue weighted by Gasteiger charge is -1.98. The molecule has 0 spiro atoms. The zero-order valence-electron chi connectivity index (χ0n) is 8.85. The quantitative estimate of drug-likeness (QED) is 0.843. The van der Waals surface area contributed by atoms with Crippen molar-refractivity contribution in [1.82, 2.24) is 15.5 Å². The summed E-state index contributed by atoms with van der Waals surface area (Å²) in [5.74, 6) is 2.68. The Morgan fingerprint density at radius 2 is 2.50 bits per heavy atom. The molecule has 1 unspecified atom stereocenters. The molecule has 0 bridgehead atoms. The molecule has 3 heterocycles. The Balaban J connectivity index is 1.72. The minimum atomic E-state index is 0.397. The van der Waals surface area contributed by atoms with Crippen molar-refractivity contribution in [2.24, 2.45) is 0 Å². The van der Waals surface area contributed by atoms with E-state index < -0.39 is 0 Å². The Morgan fingerprint density at radius 1 is 1.50 bits per heavy atom. The van der Waals surface area contributed by atoms with Crippen LogP contribution in [-0.4, -0.2) is 23.2 Å². The van der Waals surface area contributed by atoms with Crippen LogP contribution in [-0.2, 0) is 6.42 Å². The monoisotopic (exact) mass is 219 g/mol. The van der Waals surface area contributed by atoms with Crippen molar-refractivity contribution >= 4 is 0 Å². The van der Waals surface area contributed by atoms with Crippen LogP contribution < -0.4 is 5.32 Å². The van der Waals surface area contributed by atoms with Crippen LogP contribution in [0.3, 0.4) is 0 Å². The summed E-state index contributed by atoms with van der Waals surface area (Å²) in [5.41, 5.74) is 0. The van der Waals surface area contributed by atoms with Gasteiger partial charge in [0.05, 0.1) is 12.7 Å². The van der Waals surface area contributed by atoms with Gasteiger partial charge >= 0.3 is 0 Å². The van der Waals surface area contributed by atoms with Crippen LogP contribution in [0.1, 0.15) is 29.8 Å².